The van der Waals surface area contributed by atoms with Gasteiger partial charge in [0.15, 0.2) is 0 Å². The van der Waals surface area contributed by atoms with Crippen molar-refractivity contribution in [2.24, 2.45) is 0 Å². The van der Waals surface area contributed by atoms with Crippen LogP contribution in [0, 0.1) is 11.3 Å². The highest BCUT2D eigenvalue weighted by molar-refractivity contribution is 5.79. The van der Waals surface area contributed by atoms with Crippen molar-refractivity contribution in [3.8, 4) is 29.1 Å². The number of fused-ring (bicyclic) bond motifs is 1. The normalized spacial score (nSPS) is 10.4. The molecule has 0 saturated carbocycles. The van der Waals surface area contributed by atoms with Gasteiger partial charge in [0, 0.05) is 11.8 Å². The minimum absolute atomic E-state index is 0.182. The molecule has 0 unspecified atom stereocenters. The van der Waals surface area contributed by atoms with Crippen molar-refractivity contribution in [3.05, 3.63) is 82.8 Å². The van der Waals surface area contributed by atoms with E-state index in [-0.39, 0.29) is 11.4 Å². The molecule has 6 heteroatoms. The fraction of sp³-hybridized carbons (Fsp3) is 0. The Morgan fingerprint density at radius 3 is 2.62 bits per heavy atom. The molecule has 2 aromatic heterocycles. The molecule has 0 radical (unpaired) electrons. The number of ether oxygens (including phenoxy) is 1. The predicted molar refractivity (Wildman–Crippen MR) is 96.8 cm³/mol. The molecule has 6 nitrogen and oxygen atoms in total. The second kappa shape index (κ2) is 6.49. The van der Waals surface area contributed by atoms with Gasteiger partial charge in [-0.1, -0.05) is 12.1 Å². The topological polar surface area (TPSA) is 91.7 Å². The van der Waals surface area contributed by atoms with Crippen LogP contribution in [0.1, 0.15) is 5.56 Å². The number of benzene rings is 2. The number of rotatable bonds is 3. The van der Waals surface area contributed by atoms with Gasteiger partial charge in [-0.2, -0.15) is 5.26 Å². The quantitative estimate of drug-likeness (QED) is 0.614. The van der Waals surface area contributed by atoms with Crippen LogP contribution in [0.25, 0.3) is 22.3 Å². The van der Waals surface area contributed by atoms with Crippen LogP contribution in [-0.4, -0.2) is 15.0 Å². The first-order chi connectivity index (χ1) is 12.7. The standard InChI is InChI=1S/C20H12N4O2/c21-12-14-4-3-11-22-20(14)26-15-9-7-13(8-10-15)18-23-17-6-2-1-5-16(17)19(25)24-18/h1-11H,(H,23,24,25). The minimum atomic E-state index is -0.182. The Hall–Kier alpha value is -3.98. The second-order valence-electron chi connectivity index (χ2n) is 5.53. The Morgan fingerprint density at radius 1 is 1.00 bits per heavy atom. The van der Waals surface area contributed by atoms with E-state index in [0.29, 0.717) is 28.0 Å². The molecule has 26 heavy (non-hydrogen) atoms. The van der Waals surface area contributed by atoms with Gasteiger partial charge in [0.1, 0.15) is 23.2 Å². The molecule has 0 aliphatic rings. The summed E-state index contributed by atoms with van der Waals surface area (Å²) in [6.07, 6.45) is 1.56. The molecule has 1 N–H and O–H groups in total. The van der Waals surface area contributed by atoms with Gasteiger partial charge in [-0.25, -0.2) is 9.97 Å². The summed E-state index contributed by atoms with van der Waals surface area (Å²) in [7, 11) is 0. The zero-order valence-corrected chi connectivity index (χ0v) is 13.5. The molecule has 0 saturated heterocycles. The molecule has 0 aliphatic heterocycles. The maximum absolute atomic E-state index is 12.2. The van der Waals surface area contributed by atoms with Gasteiger partial charge < -0.3 is 9.72 Å². The smallest absolute Gasteiger partial charge is 0.259 e. The monoisotopic (exact) mass is 340 g/mol. The van der Waals surface area contributed by atoms with Crippen molar-refractivity contribution >= 4 is 10.9 Å². The van der Waals surface area contributed by atoms with Crippen LogP contribution in [0.3, 0.4) is 0 Å². The lowest BCUT2D eigenvalue weighted by molar-refractivity contribution is 0.461. The van der Waals surface area contributed by atoms with E-state index in [1.165, 1.54) is 0 Å². The number of nitrogens with zero attached hydrogens (tertiary/aromatic N) is 3. The van der Waals surface area contributed by atoms with Gasteiger partial charge in [-0.15, -0.1) is 0 Å². The molecule has 2 heterocycles. The zero-order chi connectivity index (χ0) is 17.9. The molecule has 124 valence electrons. The number of nitriles is 1. The van der Waals surface area contributed by atoms with E-state index in [2.05, 4.69) is 15.0 Å². The summed E-state index contributed by atoms with van der Waals surface area (Å²) in [4.78, 5) is 23.5. The maximum atomic E-state index is 12.2. The van der Waals surface area contributed by atoms with Crippen molar-refractivity contribution in [1.29, 1.82) is 5.26 Å². The average Bonchev–Trinajstić information content (AvgIpc) is 2.69. The van der Waals surface area contributed by atoms with Crippen LogP contribution in [0.4, 0.5) is 0 Å². The Bertz CT molecular complexity index is 1190. The molecular weight excluding hydrogens is 328 g/mol. The van der Waals surface area contributed by atoms with Crippen molar-refractivity contribution in [2.45, 2.75) is 0 Å². The molecule has 0 atom stereocenters. The highest BCUT2D eigenvalue weighted by Gasteiger charge is 2.08. The first-order valence-corrected chi connectivity index (χ1v) is 7.87. The van der Waals surface area contributed by atoms with E-state index in [0.717, 1.165) is 5.56 Å². The molecule has 4 aromatic rings. The van der Waals surface area contributed by atoms with Crippen molar-refractivity contribution < 1.29 is 4.74 Å². The lowest BCUT2D eigenvalue weighted by Gasteiger charge is -2.07. The van der Waals surface area contributed by atoms with E-state index in [4.69, 9.17) is 10.00 Å². The third kappa shape index (κ3) is 2.89. The SMILES string of the molecule is N#Cc1cccnc1Oc1ccc(-c2nc3ccccc3c(=O)[nH]2)cc1. The van der Waals surface area contributed by atoms with Crippen LogP contribution < -0.4 is 10.3 Å². The average molecular weight is 340 g/mol. The number of hydrogen-bond donors (Lipinski definition) is 1. The third-order valence-electron chi connectivity index (χ3n) is 3.85. The Labute approximate surface area is 148 Å². The van der Waals surface area contributed by atoms with E-state index < -0.39 is 0 Å². The van der Waals surface area contributed by atoms with Crippen molar-refractivity contribution in [3.63, 3.8) is 0 Å². The van der Waals surface area contributed by atoms with Gasteiger partial charge in [-0.05, 0) is 48.5 Å². The maximum Gasteiger partial charge on any atom is 0.259 e. The second-order valence-corrected chi connectivity index (χ2v) is 5.53. The number of nitrogens with one attached hydrogen (secondary N) is 1. The molecule has 0 fully saturated rings. The highest BCUT2D eigenvalue weighted by Crippen LogP contribution is 2.25. The van der Waals surface area contributed by atoms with E-state index in [9.17, 15) is 4.79 Å². The van der Waals surface area contributed by atoms with Crippen molar-refractivity contribution in [1.82, 2.24) is 15.0 Å². The van der Waals surface area contributed by atoms with Gasteiger partial charge in [0.05, 0.1) is 10.9 Å². The van der Waals surface area contributed by atoms with Crippen LogP contribution in [0.15, 0.2) is 71.7 Å². The number of aromatic amines is 1. The number of H-pyrrole nitrogens is 1. The largest absolute Gasteiger partial charge is 0.438 e. The minimum Gasteiger partial charge on any atom is -0.438 e. The Kier molecular flexibility index (Phi) is 3.88. The van der Waals surface area contributed by atoms with Gasteiger partial charge >= 0.3 is 0 Å². The fourth-order valence-electron chi connectivity index (χ4n) is 2.57. The summed E-state index contributed by atoms with van der Waals surface area (Å²) in [6.45, 7) is 0. The summed E-state index contributed by atoms with van der Waals surface area (Å²) in [5.74, 6) is 1.27. The number of hydrogen-bond acceptors (Lipinski definition) is 5. The number of para-hydroxylation sites is 1. The van der Waals surface area contributed by atoms with Gasteiger partial charge in [0.2, 0.25) is 5.88 Å². The van der Waals surface area contributed by atoms with Gasteiger partial charge in [-0.3, -0.25) is 4.79 Å². The fourth-order valence-corrected chi connectivity index (χ4v) is 2.57. The lowest BCUT2D eigenvalue weighted by atomic mass is 10.2. The lowest BCUT2D eigenvalue weighted by Crippen LogP contribution is -2.09. The molecule has 0 bridgehead atoms. The molecule has 2 aromatic carbocycles. The molecule has 0 aliphatic carbocycles. The summed E-state index contributed by atoms with van der Waals surface area (Å²) >= 11 is 0. The first kappa shape index (κ1) is 15.5. The van der Waals surface area contributed by atoms with E-state index in [1.54, 1.807) is 60.8 Å². The van der Waals surface area contributed by atoms with Crippen LogP contribution in [0.5, 0.6) is 11.6 Å². The third-order valence-corrected chi connectivity index (χ3v) is 3.85. The first-order valence-electron chi connectivity index (χ1n) is 7.87. The van der Waals surface area contributed by atoms with E-state index >= 15 is 0 Å². The Balaban J connectivity index is 1.66. The van der Waals surface area contributed by atoms with Crippen LogP contribution in [-0.2, 0) is 0 Å². The summed E-state index contributed by atoms with van der Waals surface area (Å²) in [5, 5.41) is 9.64. The van der Waals surface area contributed by atoms with Gasteiger partial charge in [0.25, 0.3) is 5.56 Å². The van der Waals surface area contributed by atoms with E-state index in [1.807, 2.05) is 12.1 Å². The molecule has 0 amide bonds. The molecule has 0 spiro atoms. The number of pyridine rings is 1. The summed E-state index contributed by atoms with van der Waals surface area (Å²) in [6, 6.07) is 19.6. The van der Waals surface area contributed by atoms with Crippen LogP contribution >= 0.6 is 0 Å². The van der Waals surface area contributed by atoms with Crippen LogP contribution in [0.2, 0.25) is 0 Å². The highest BCUT2D eigenvalue weighted by atomic mass is 16.5. The summed E-state index contributed by atoms with van der Waals surface area (Å²) in [5.41, 5.74) is 1.57. The predicted octanol–water partition coefficient (Wildman–Crippen LogP) is 3.65. The molecule has 4 rings (SSSR count). The summed E-state index contributed by atoms with van der Waals surface area (Å²) < 4.78 is 5.66. The Morgan fingerprint density at radius 2 is 1.81 bits per heavy atom. The zero-order valence-electron chi connectivity index (χ0n) is 13.5. The number of aromatic nitrogens is 3. The molecular formula is C20H12N4O2. The van der Waals surface area contributed by atoms with Crippen molar-refractivity contribution in [2.75, 3.05) is 0 Å².